The maximum absolute atomic E-state index is 12.8. The standard InChI is InChI=1S/C19H24N2O6/c1-11-16(19(22)20-10-13-6-5-7-26-13)17(27-21-11)12-8-14(23-2)18(25-4)15(9-12)24-3/h8-9,13H,5-7,10H2,1-4H3,(H,20,22)/t13-/m0/s1. The Labute approximate surface area is 157 Å². The number of hydrogen-bond donors (Lipinski definition) is 1. The number of ether oxygens (including phenoxy) is 4. The second-order valence-corrected chi connectivity index (χ2v) is 6.23. The second-order valence-electron chi connectivity index (χ2n) is 6.23. The number of rotatable bonds is 7. The largest absolute Gasteiger partial charge is 0.493 e. The van der Waals surface area contributed by atoms with Crippen molar-refractivity contribution in [2.24, 2.45) is 0 Å². The number of amides is 1. The molecule has 3 rings (SSSR count). The Morgan fingerprint density at radius 2 is 1.93 bits per heavy atom. The first-order valence-electron chi connectivity index (χ1n) is 8.75. The lowest BCUT2D eigenvalue weighted by Gasteiger charge is -2.14. The smallest absolute Gasteiger partial charge is 0.257 e. The molecular weight excluding hydrogens is 352 g/mol. The SMILES string of the molecule is COc1cc(-c2onc(C)c2C(=O)NC[C@@H]2CCCO2)cc(OC)c1OC. The highest BCUT2D eigenvalue weighted by atomic mass is 16.5. The Kier molecular flexibility index (Phi) is 5.85. The number of aryl methyl sites for hydroxylation is 1. The number of nitrogens with zero attached hydrogens (tertiary/aromatic N) is 1. The van der Waals surface area contributed by atoms with Crippen molar-refractivity contribution < 1.29 is 28.3 Å². The van der Waals surface area contributed by atoms with Gasteiger partial charge in [0.05, 0.1) is 33.1 Å². The molecule has 27 heavy (non-hydrogen) atoms. The third kappa shape index (κ3) is 3.85. The van der Waals surface area contributed by atoms with Gasteiger partial charge in [-0.3, -0.25) is 4.79 Å². The van der Waals surface area contributed by atoms with Crippen LogP contribution < -0.4 is 19.5 Å². The van der Waals surface area contributed by atoms with Gasteiger partial charge in [-0.2, -0.15) is 0 Å². The van der Waals surface area contributed by atoms with Crippen molar-refractivity contribution in [3.05, 3.63) is 23.4 Å². The number of carbonyl (C=O) groups is 1. The van der Waals surface area contributed by atoms with Gasteiger partial charge in [-0.05, 0) is 31.9 Å². The van der Waals surface area contributed by atoms with E-state index in [0.717, 1.165) is 19.4 Å². The highest BCUT2D eigenvalue weighted by Gasteiger charge is 2.25. The summed E-state index contributed by atoms with van der Waals surface area (Å²) in [6, 6.07) is 3.44. The molecule has 8 nitrogen and oxygen atoms in total. The van der Waals surface area contributed by atoms with Gasteiger partial charge in [0.1, 0.15) is 5.56 Å². The molecule has 2 aromatic rings. The maximum Gasteiger partial charge on any atom is 0.257 e. The molecule has 1 aliphatic heterocycles. The predicted molar refractivity (Wildman–Crippen MR) is 97.6 cm³/mol. The monoisotopic (exact) mass is 376 g/mol. The van der Waals surface area contributed by atoms with Gasteiger partial charge >= 0.3 is 0 Å². The number of nitrogens with one attached hydrogen (secondary N) is 1. The van der Waals surface area contributed by atoms with Crippen LogP contribution in [0.3, 0.4) is 0 Å². The lowest BCUT2D eigenvalue weighted by molar-refractivity contribution is 0.0857. The summed E-state index contributed by atoms with van der Waals surface area (Å²) < 4.78 is 27.1. The molecule has 0 spiro atoms. The van der Waals surface area contributed by atoms with E-state index in [2.05, 4.69) is 10.5 Å². The van der Waals surface area contributed by atoms with Crippen LogP contribution in [0.5, 0.6) is 17.2 Å². The van der Waals surface area contributed by atoms with Gasteiger partial charge in [-0.25, -0.2) is 0 Å². The first kappa shape index (κ1) is 19.0. The van der Waals surface area contributed by atoms with E-state index in [4.69, 9.17) is 23.5 Å². The van der Waals surface area contributed by atoms with Crippen LogP contribution in [0.25, 0.3) is 11.3 Å². The fourth-order valence-electron chi connectivity index (χ4n) is 3.15. The Morgan fingerprint density at radius 3 is 2.48 bits per heavy atom. The van der Waals surface area contributed by atoms with Crippen molar-refractivity contribution in [1.29, 1.82) is 0 Å². The number of carbonyl (C=O) groups excluding carboxylic acids is 1. The predicted octanol–water partition coefficient (Wildman–Crippen LogP) is 2.58. The van der Waals surface area contributed by atoms with Gasteiger partial charge in [-0.15, -0.1) is 0 Å². The van der Waals surface area contributed by atoms with Crippen molar-refractivity contribution in [3.63, 3.8) is 0 Å². The van der Waals surface area contributed by atoms with Gasteiger partial charge < -0.3 is 28.8 Å². The van der Waals surface area contributed by atoms with E-state index in [9.17, 15) is 4.79 Å². The number of aromatic nitrogens is 1. The zero-order chi connectivity index (χ0) is 19.4. The number of methoxy groups -OCH3 is 3. The molecule has 1 fully saturated rings. The lowest BCUT2D eigenvalue weighted by atomic mass is 10.0. The Hall–Kier alpha value is -2.74. The topological polar surface area (TPSA) is 92.1 Å². The second kappa shape index (κ2) is 8.30. The molecule has 0 bridgehead atoms. The normalized spacial score (nSPS) is 16.2. The Morgan fingerprint density at radius 1 is 1.22 bits per heavy atom. The molecule has 1 saturated heterocycles. The quantitative estimate of drug-likeness (QED) is 0.794. The summed E-state index contributed by atoms with van der Waals surface area (Å²) in [6.07, 6.45) is 2.02. The highest BCUT2D eigenvalue weighted by Crippen LogP contribution is 2.42. The Bertz CT molecular complexity index is 786. The zero-order valence-electron chi connectivity index (χ0n) is 16.0. The van der Waals surface area contributed by atoms with E-state index in [1.54, 1.807) is 19.1 Å². The molecule has 1 aromatic carbocycles. The third-order valence-corrected chi connectivity index (χ3v) is 4.53. The third-order valence-electron chi connectivity index (χ3n) is 4.53. The molecule has 0 unspecified atom stereocenters. The lowest BCUT2D eigenvalue weighted by Crippen LogP contribution is -2.32. The van der Waals surface area contributed by atoms with Gasteiger partial charge in [0.25, 0.3) is 5.91 Å². The molecule has 0 aliphatic carbocycles. The van der Waals surface area contributed by atoms with Gasteiger partial charge in [0.2, 0.25) is 5.75 Å². The number of hydrogen-bond acceptors (Lipinski definition) is 7. The average Bonchev–Trinajstić information content (AvgIpc) is 3.34. The summed E-state index contributed by atoms with van der Waals surface area (Å²) in [7, 11) is 4.59. The van der Waals surface area contributed by atoms with Crippen LogP contribution in [0.2, 0.25) is 0 Å². The van der Waals surface area contributed by atoms with Crippen LogP contribution >= 0.6 is 0 Å². The molecular formula is C19H24N2O6. The van der Waals surface area contributed by atoms with Crippen molar-refractivity contribution in [2.75, 3.05) is 34.5 Å². The zero-order valence-corrected chi connectivity index (χ0v) is 16.0. The van der Waals surface area contributed by atoms with Gasteiger partial charge in [-0.1, -0.05) is 5.16 Å². The number of benzene rings is 1. The molecule has 0 saturated carbocycles. The minimum Gasteiger partial charge on any atom is -0.493 e. The van der Waals surface area contributed by atoms with Crippen molar-refractivity contribution in [2.45, 2.75) is 25.9 Å². The minimum atomic E-state index is -0.256. The molecule has 1 aliphatic rings. The van der Waals surface area contributed by atoms with Gasteiger partial charge in [0.15, 0.2) is 17.3 Å². The fraction of sp³-hybridized carbons (Fsp3) is 0.474. The van der Waals surface area contributed by atoms with Crippen LogP contribution in [0.4, 0.5) is 0 Å². The fourth-order valence-corrected chi connectivity index (χ4v) is 3.15. The summed E-state index contributed by atoms with van der Waals surface area (Å²) in [5.74, 6) is 1.48. The van der Waals surface area contributed by atoms with Crippen molar-refractivity contribution >= 4 is 5.91 Å². The molecule has 146 valence electrons. The van der Waals surface area contributed by atoms with E-state index in [0.29, 0.717) is 46.4 Å². The van der Waals surface area contributed by atoms with Crippen LogP contribution in [0, 0.1) is 6.92 Å². The van der Waals surface area contributed by atoms with E-state index >= 15 is 0 Å². The summed E-state index contributed by atoms with van der Waals surface area (Å²) in [4.78, 5) is 12.8. The van der Waals surface area contributed by atoms with E-state index in [1.165, 1.54) is 21.3 Å². The van der Waals surface area contributed by atoms with E-state index in [1.807, 2.05) is 0 Å². The Balaban J connectivity index is 1.92. The molecule has 1 amide bonds. The summed E-state index contributed by atoms with van der Waals surface area (Å²) in [5, 5.41) is 6.87. The molecule has 2 heterocycles. The average molecular weight is 376 g/mol. The molecule has 0 radical (unpaired) electrons. The molecule has 1 aromatic heterocycles. The molecule has 1 atom stereocenters. The maximum atomic E-state index is 12.8. The van der Waals surface area contributed by atoms with Crippen LogP contribution in [0.1, 0.15) is 28.9 Å². The minimum absolute atomic E-state index is 0.0544. The highest BCUT2D eigenvalue weighted by molar-refractivity contribution is 6.00. The first-order chi connectivity index (χ1) is 13.1. The summed E-state index contributed by atoms with van der Waals surface area (Å²) in [5.41, 5.74) is 1.48. The molecule has 1 N–H and O–H groups in total. The summed E-state index contributed by atoms with van der Waals surface area (Å²) in [6.45, 7) is 2.92. The van der Waals surface area contributed by atoms with E-state index < -0.39 is 0 Å². The van der Waals surface area contributed by atoms with E-state index in [-0.39, 0.29) is 12.0 Å². The van der Waals surface area contributed by atoms with Crippen molar-refractivity contribution in [3.8, 4) is 28.6 Å². The van der Waals surface area contributed by atoms with Gasteiger partial charge in [0, 0.05) is 18.7 Å². The van der Waals surface area contributed by atoms with Crippen LogP contribution in [-0.2, 0) is 4.74 Å². The summed E-state index contributed by atoms with van der Waals surface area (Å²) >= 11 is 0. The molecule has 8 heteroatoms. The van der Waals surface area contributed by atoms with Crippen molar-refractivity contribution in [1.82, 2.24) is 10.5 Å². The first-order valence-corrected chi connectivity index (χ1v) is 8.75. The van der Waals surface area contributed by atoms with Crippen LogP contribution in [0.15, 0.2) is 16.7 Å². The van der Waals surface area contributed by atoms with Crippen LogP contribution in [-0.4, -0.2) is 51.6 Å².